The van der Waals surface area contributed by atoms with E-state index in [1.807, 2.05) is 29.6 Å². The molecular formula is C14H13ClN2O2S2. The molecule has 110 valence electrons. The van der Waals surface area contributed by atoms with E-state index >= 15 is 0 Å². The first-order chi connectivity index (χ1) is 9.95. The second kappa shape index (κ2) is 5.44. The van der Waals surface area contributed by atoms with Gasteiger partial charge in [0, 0.05) is 16.3 Å². The second-order valence-corrected chi connectivity index (χ2v) is 8.08. The Morgan fingerprint density at radius 3 is 2.57 bits per heavy atom. The topological polar surface area (TPSA) is 49.7 Å². The smallest absolute Gasteiger partial charge is 0.205 e. The number of nitrogens with zero attached hydrogens (tertiary/aromatic N) is 2. The number of rotatable bonds is 3. The Kier molecular flexibility index (Phi) is 3.77. The van der Waals surface area contributed by atoms with Gasteiger partial charge in [-0.15, -0.1) is 11.3 Å². The molecule has 0 aliphatic carbocycles. The summed E-state index contributed by atoms with van der Waals surface area (Å²) in [5, 5.41) is 6.91. The molecule has 0 bridgehead atoms. The molecular weight excluding hydrogens is 328 g/mol. The van der Waals surface area contributed by atoms with E-state index in [0.29, 0.717) is 11.4 Å². The lowest BCUT2D eigenvalue weighted by atomic mass is 10.0. The van der Waals surface area contributed by atoms with Gasteiger partial charge >= 0.3 is 0 Å². The molecule has 0 saturated heterocycles. The van der Waals surface area contributed by atoms with Crippen molar-refractivity contribution < 1.29 is 8.42 Å². The van der Waals surface area contributed by atoms with Crippen molar-refractivity contribution in [2.24, 2.45) is 5.10 Å². The normalized spacial score (nSPS) is 18.9. The SMILES string of the molecule is CS(=O)(=O)N1N=C(c2ccc(Cl)cc2)C[C@H]1c1cccs1. The zero-order chi connectivity index (χ0) is 15.0. The molecule has 0 fully saturated rings. The molecule has 2 aromatic rings. The quantitative estimate of drug-likeness (QED) is 0.858. The van der Waals surface area contributed by atoms with Gasteiger partial charge in [0.15, 0.2) is 0 Å². The van der Waals surface area contributed by atoms with Gasteiger partial charge in [0.05, 0.1) is 12.0 Å². The van der Waals surface area contributed by atoms with Crippen LogP contribution in [0.3, 0.4) is 0 Å². The molecule has 7 heteroatoms. The average Bonchev–Trinajstić information content (AvgIpc) is 3.07. The lowest BCUT2D eigenvalue weighted by Gasteiger charge is -2.19. The summed E-state index contributed by atoms with van der Waals surface area (Å²) in [5.74, 6) is 0. The highest BCUT2D eigenvalue weighted by Crippen LogP contribution is 2.36. The summed E-state index contributed by atoms with van der Waals surface area (Å²) in [6, 6.07) is 10.9. The molecule has 1 aromatic carbocycles. The van der Waals surface area contributed by atoms with Crippen molar-refractivity contribution in [3.05, 3.63) is 57.2 Å². The van der Waals surface area contributed by atoms with Crippen LogP contribution in [-0.2, 0) is 10.0 Å². The third-order valence-corrected chi connectivity index (χ3v) is 5.50. The summed E-state index contributed by atoms with van der Waals surface area (Å²) in [6.07, 6.45) is 1.75. The summed E-state index contributed by atoms with van der Waals surface area (Å²) in [7, 11) is -3.40. The molecule has 1 aliphatic rings. The van der Waals surface area contributed by atoms with Crippen LogP contribution in [0.5, 0.6) is 0 Å². The fourth-order valence-corrected chi connectivity index (χ4v) is 4.21. The van der Waals surface area contributed by atoms with E-state index in [4.69, 9.17) is 11.6 Å². The first-order valence-corrected chi connectivity index (χ1v) is 9.42. The van der Waals surface area contributed by atoms with Crippen LogP contribution in [0, 0.1) is 0 Å². The van der Waals surface area contributed by atoms with Gasteiger partial charge in [-0.3, -0.25) is 0 Å². The lowest BCUT2D eigenvalue weighted by Crippen LogP contribution is -2.25. The number of hydrogen-bond acceptors (Lipinski definition) is 4. The number of thiophene rings is 1. The van der Waals surface area contributed by atoms with Gasteiger partial charge in [-0.05, 0) is 29.1 Å². The van der Waals surface area contributed by atoms with Crippen molar-refractivity contribution in [3.63, 3.8) is 0 Å². The highest BCUT2D eigenvalue weighted by molar-refractivity contribution is 7.88. The minimum Gasteiger partial charge on any atom is -0.205 e. The Hall–Kier alpha value is -1.37. The lowest BCUT2D eigenvalue weighted by molar-refractivity contribution is 0.379. The van der Waals surface area contributed by atoms with E-state index in [1.54, 1.807) is 12.1 Å². The molecule has 0 amide bonds. The molecule has 1 aliphatic heterocycles. The Bertz CT molecular complexity index is 768. The minimum absolute atomic E-state index is 0.259. The number of benzene rings is 1. The van der Waals surface area contributed by atoms with Crippen molar-refractivity contribution in [3.8, 4) is 0 Å². The standard InChI is InChI=1S/C14H13ClN2O2S2/c1-21(18,19)17-13(14-3-2-8-20-14)9-12(16-17)10-4-6-11(15)7-5-10/h2-8,13H,9H2,1H3/t13-/m0/s1. The molecule has 1 atom stereocenters. The van der Waals surface area contributed by atoms with Gasteiger partial charge in [0.25, 0.3) is 0 Å². The number of halogens is 1. The summed E-state index contributed by atoms with van der Waals surface area (Å²) < 4.78 is 25.2. The van der Waals surface area contributed by atoms with E-state index in [0.717, 1.165) is 16.2 Å². The fourth-order valence-electron chi connectivity index (χ4n) is 2.30. The predicted octanol–water partition coefficient (Wildman–Crippen LogP) is 3.51. The van der Waals surface area contributed by atoms with E-state index in [2.05, 4.69) is 5.10 Å². The van der Waals surface area contributed by atoms with Gasteiger partial charge in [0.1, 0.15) is 6.04 Å². The van der Waals surface area contributed by atoms with Crippen LogP contribution in [0.25, 0.3) is 0 Å². The van der Waals surface area contributed by atoms with Gasteiger partial charge in [-0.2, -0.15) is 9.52 Å². The first kappa shape index (κ1) is 14.6. The van der Waals surface area contributed by atoms with E-state index in [1.165, 1.54) is 22.0 Å². The van der Waals surface area contributed by atoms with Gasteiger partial charge in [-0.1, -0.05) is 29.8 Å². The molecule has 21 heavy (non-hydrogen) atoms. The average molecular weight is 341 g/mol. The van der Waals surface area contributed by atoms with Crippen LogP contribution < -0.4 is 0 Å². The van der Waals surface area contributed by atoms with Gasteiger partial charge < -0.3 is 0 Å². The molecule has 4 nitrogen and oxygen atoms in total. The highest BCUT2D eigenvalue weighted by atomic mass is 35.5. The number of hydrogen-bond donors (Lipinski definition) is 0. The molecule has 3 rings (SSSR count). The second-order valence-electron chi connectivity index (χ2n) is 4.82. The van der Waals surface area contributed by atoms with Gasteiger partial charge in [0.2, 0.25) is 10.0 Å². The molecule has 0 spiro atoms. The van der Waals surface area contributed by atoms with Crippen LogP contribution >= 0.6 is 22.9 Å². The third kappa shape index (κ3) is 2.97. The monoisotopic (exact) mass is 340 g/mol. The zero-order valence-electron chi connectivity index (χ0n) is 11.2. The van der Waals surface area contributed by atoms with Crippen LogP contribution in [0.15, 0.2) is 46.9 Å². The van der Waals surface area contributed by atoms with Crippen molar-refractivity contribution in [1.29, 1.82) is 0 Å². The summed E-state index contributed by atoms with van der Waals surface area (Å²) in [6.45, 7) is 0. The Balaban J connectivity index is 1.99. The molecule has 1 aromatic heterocycles. The van der Waals surface area contributed by atoms with Crippen molar-refractivity contribution in [1.82, 2.24) is 4.41 Å². The summed E-state index contributed by atoms with van der Waals surface area (Å²) in [5.41, 5.74) is 1.66. The highest BCUT2D eigenvalue weighted by Gasteiger charge is 2.34. The molecule has 0 saturated carbocycles. The van der Waals surface area contributed by atoms with Crippen molar-refractivity contribution in [2.75, 3.05) is 6.26 Å². The largest absolute Gasteiger partial charge is 0.247 e. The minimum atomic E-state index is -3.40. The Morgan fingerprint density at radius 1 is 1.29 bits per heavy atom. The molecule has 0 radical (unpaired) electrons. The maximum Gasteiger partial charge on any atom is 0.247 e. The summed E-state index contributed by atoms with van der Waals surface area (Å²) in [4.78, 5) is 0.994. The third-order valence-electron chi connectivity index (χ3n) is 3.26. The molecule has 0 N–H and O–H groups in total. The maximum absolute atomic E-state index is 12.0. The van der Waals surface area contributed by atoms with Crippen molar-refractivity contribution in [2.45, 2.75) is 12.5 Å². The molecule has 0 unspecified atom stereocenters. The van der Waals surface area contributed by atoms with Crippen LogP contribution in [0.1, 0.15) is 22.9 Å². The Morgan fingerprint density at radius 2 is 2.00 bits per heavy atom. The van der Waals surface area contributed by atoms with Crippen LogP contribution in [0.2, 0.25) is 5.02 Å². The predicted molar refractivity (Wildman–Crippen MR) is 86.3 cm³/mol. The van der Waals surface area contributed by atoms with Gasteiger partial charge in [-0.25, -0.2) is 8.42 Å². The maximum atomic E-state index is 12.0. The fraction of sp³-hybridized carbons (Fsp3) is 0.214. The Labute approximate surface area is 132 Å². The van der Waals surface area contributed by atoms with Crippen LogP contribution in [-0.4, -0.2) is 24.8 Å². The summed E-state index contributed by atoms with van der Waals surface area (Å²) >= 11 is 7.42. The van der Waals surface area contributed by atoms with E-state index in [-0.39, 0.29) is 6.04 Å². The van der Waals surface area contributed by atoms with Crippen LogP contribution in [0.4, 0.5) is 0 Å². The van der Waals surface area contributed by atoms with Crippen molar-refractivity contribution >= 4 is 38.7 Å². The number of hydrazone groups is 1. The molecule has 2 heterocycles. The zero-order valence-corrected chi connectivity index (χ0v) is 13.6. The van der Waals surface area contributed by atoms with E-state index in [9.17, 15) is 8.42 Å². The van der Waals surface area contributed by atoms with E-state index < -0.39 is 10.0 Å². The number of sulfonamides is 1. The first-order valence-electron chi connectivity index (χ1n) is 6.31.